The molecule has 0 bridgehead atoms. The summed E-state index contributed by atoms with van der Waals surface area (Å²) in [6.45, 7) is 1.31. The number of aliphatic hydroxyl groups excluding tert-OH is 1. The molecule has 1 aromatic rings. The van der Waals surface area contributed by atoms with Gasteiger partial charge in [-0.1, -0.05) is 18.2 Å². The van der Waals surface area contributed by atoms with Crippen LogP contribution in [-0.2, 0) is 4.79 Å². The van der Waals surface area contributed by atoms with Crippen molar-refractivity contribution in [2.24, 2.45) is 0 Å². The van der Waals surface area contributed by atoms with Crippen molar-refractivity contribution in [3.05, 3.63) is 35.9 Å². The Morgan fingerprint density at radius 1 is 1.25 bits per heavy atom. The van der Waals surface area contributed by atoms with Gasteiger partial charge >= 0.3 is 5.97 Å². The predicted molar refractivity (Wildman–Crippen MR) is 57.0 cm³/mol. The minimum atomic E-state index is -1.30. The maximum absolute atomic E-state index is 11.6. The second-order valence-corrected chi connectivity index (χ2v) is 3.40. The van der Waals surface area contributed by atoms with Gasteiger partial charge in [-0.3, -0.25) is 4.79 Å². The lowest BCUT2D eigenvalue weighted by molar-refractivity contribution is -0.141. The van der Waals surface area contributed by atoms with Crippen LogP contribution in [-0.4, -0.2) is 34.2 Å². The Bertz CT molecular complexity index is 375. The number of carbonyl (C=O) groups excluding carboxylic acids is 1. The fourth-order valence-corrected chi connectivity index (χ4v) is 1.20. The average molecular weight is 223 g/mol. The number of carboxylic acids is 1. The smallest absolute Gasteiger partial charge is 0.328 e. The lowest BCUT2D eigenvalue weighted by atomic mass is 10.1. The Kier molecular flexibility index (Phi) is 4.02. The summed E-state index contributed by atoms with van der Waals surface area (Å²) in [5, 5.41) is 20.2. The van der Waals surface area contributed by atoms with Crippen LogP contribution in [0.4, 0.5) is 0 Å². The number of rotatable bonds is 4. The Labute approximate surface area is 92.7 Å². The van der Waals surface area contributed by atoms with Crippen molar-refractivity contribution in [3.8, 4) is 0 Å². The molecule has 0 aromatic heterocycles. The molecule has 0 radical (unpaired) electrons. The van der Waals surface area contributed by atoms with E-state index in [1.165, 1.54) is 6.92 Å². The first-order chi connectivity index (χ1) is 7.52. The van der Waals surface area contributed by atoms with Crippen molar-refractivity contribution in [2.45, 2.75) is 19.1 Å². The van der Waals surface area contributed by atoms with Crippen molar-refractivity contribution in [1.29, 1.82) is 0 Å². The largest absolute Gasteiger partial charge is 0.480 e. The van der Waals surface area contributed by atoms with Crippen molar-refractivity contribution in [2.75, 3.05) is 0 Å². The molecule has 0 aliphatic heterocycles. The van der Waals surface area contributed by atoms with Gasteiger partial charge < -0.3 is 15.5 Å². The monoisotopic (exact) mass is 223 g/mol. The van der Waals surface area contributed by atoms with E-state index in [2.05, 4.69) is 5.32 Å². The van der Waals surface area contributed by atoms with E-state index in [-0.39, 0.29) is 0 Å². The number of benzene rings is 1. The van der Waals surface area contributed by atoms with Crippen LogP contribution in [0.5, 0.6) is 0 Å². The van der Waals surface area contributed by atoms with E-state index in [4.69, 9.17) is 5.11 Å². The molecule has 5 heteroatoms. The molecule has 0 saturated carbocycles. The minimum absolute atomic E-state index is 0.356. The summed E-state index contributed by atoms with van der Waals surface area (Å²) in [6.07, 6.45) is -1.15. The van der Waals surface area contributed by atoms with Gasteiger partial charge in [0.2, 0.25) is 0 Å². The number of hydrogen-bond acceptors (Lipinski definition) is 3. The predicted octanol–water partition coefficient (Wildman–Crippen LogP) is 0.250. The van der Waals surface area contributed by atoms with Gasteiger partial charge in [-0.2, -0.15) is 0 Å². The van der Waals surface area contributed by atoms with Crippen molar-refractivity contribution < 1.29 is 19.8 Å². The van der Waals surface area contributed by atoms with Crippen LogP contribution in [0, 0.1) is 0 Å². The number of nitrogens with one attached hydrogen (secondary N) is 1. The zero-order valence-electron chi connectivity index (χ0n) is 8.75. The van der Waals surface area contributed by atoms with Crippen LogP contribution in [0.2, 0.25) is 0 Å². The third kappa shape index (κ3) is 3.06. The van der Waals surface area contributed by atoms with E-state index >= 15 is 0 Å². The van der Waals surface area contributed by atoms with Crippen molar-refractivity contribution in [3.63, 3.8) is 0 Å². The van der Waals surface area contributed by atoms with E-state index in [0.717, 1.165) is 0 Å². The zero-order chi connectivity index (χ0) is 12.1. The minimum Gasteiger partial charge on any atom is -0.480 e. The average Bonchev–Trinajstić information content (AvgIpc) is 2.25. The first-order valence-corrected chi connectivity index (χ1v) is 4.79. The van der Waals surface area contributed by atoms with E-state index in [1.54, 1.807) is 30.3 Å². The number of carboxylic acid groups (broad SMARTS) is 1. The maximum atomic E-state index is 11.6. The first-order valence-electron chi connectivity index (χ1n) is 4.79. The molecule has 1 aromatic carbocycles. The van der Waals surface area contributed by atoms with Gasteiger partial charge in [0.15, 0.2) is 6.04 Å². The fourth-order valence-electron chi connectivity index (χ4n) is 1.20. The Hall–Kier alpha value is -1.88. The molecule has 3 N–H and O–H groups in total. The number of carbonyl (C=O) groups is 2. The van der Waals surface area contributed by atoms with E-state index < -0.39 is 24.0 Å². The Morgan fingerprint density at radius 2 is 1.81 bits per heavy atom. The molecular weight excluding hydrogens is 210 g/mol. The molecule has 0 fully saturated rings. The number of aliphatic hydroxyl groups is 1. The molecule has 0 heterocycles. The van der Waals surface area contributed by atoms with Crippen LogP contribution >= 0.6 is 0 Å². The molecule has 1 rings (SSSR count). The van der Waals surface area contributed by atoms with Crippen molar-refractivity contribution in [1.82, 2.24) is 5.32 Å². The molecule has 0 unspecified atom stereocenters. The molecular formula is C11H13NO4. The van der Waals surface area contributed by atoms with E-state index in [0.29, 0.717) is 5.56 Å². The Balaban J connectivity index is 2.74. The van der Waals surface area contributed by atoms with Crippen LogP contribution in [0.15, 0.2) is 30.3 Å². The third-order valence-electron chi connectivity index (χ3n) is 2.07. The highest BCUT2D eigenvalue weighted by Gasteiger charge is 2.25. The lowest BCUT2D eigenvalue weighted by Crippen LogP contribution is -2.47. The second kappa shape index (κ2) is 5.27. The van der Waals surface area contributed by atoms with Gasteiger partial charge in [-0.15, -0.1) is 0 Å². The van der Waals surface area contributed by atoms with Gasteiger partial charge in [0.05, 0.1) is 6.10 Å². The quantitative estimate of drug-likeness (QED) is 0.683. The normalized spacial score (nSPS) is 13.9. The number of amides is 1. The van der Waals surface area contributed by atoms with Crippen LogP contribution in [0.1, 0.15) is 17.3 Å². The molecule has 2 atom stereocenters. The number of hydrogen-bond donors (Lipinski definition) is 3. The van der Waals surface area contributed by atoms with E-state index in [9.17, 15) is 14.7 Å². The molecule has 16 heavy (non-hydrogen) atoms. The van der Waals surface area contributed by atoms with Crippen molar-refractivity contribution >= 4 is 11.9 Å². The summed E-state index contributed by atoms with van der Waals surface area (Å²) in [5.41, 5.74) is 0.356. The molecule has 86 valence electrons. The van der Waals surface area contributed by atoms with Crippen LogP contribution in [0.3, 0.4) is 0 Å². The highest BCUT2D eigenvalue weighted by atomic mass is 16.4. The number of aliphatic carboxylic acids is 1. The summed E-state index contributed by atoms with van der Waals surface area (Å²) in [4.78, 5) is 22.3. The second-order valence-electron chi connectivity index (χ2n) is 3.40. The zero-order valence-corrected chi connectivity index (χ0v) is 8.75. The summed E-state index contributed by atoms with van der Waals surface area (Å²) < 4.78 is 0. The fraction of sp³-hybridized carbons (Fsp3) is 0.273. The lowest BCUT2D eigenvalue weighted by Gasteiger charge is -2.16. The molecule has 0 aliphatic rings. The molecule has 1 amide bonds. The Morgan fingerprint density at radius 3 is 2.25 bits per heavy atom. The summed E-state index contributed by atoms with van der Waals surface area (Å²) in [5.74, 6) is -1.78. The SMILES string of the molecule is C[C@@H](O)[C@@H](NC(=O)c1ccccc1)C(=O)O. The topological polar surface area (TPSA) is 86.6 Å². The third-order valence-corrected chi connectivity index (χ3v) is 2.07. The van der Waals surface area contributed by atoms with Gasteiger partial charge in [-0.25, -0.2) is 4.79 Å². The van der Waals surface area contributed by atoms with Crippen LogP contribution < -0.4 is 5.32 Å². The standard InChI is InChI=1S/C11H13NO4/c1-7(13)9(11(15)16)12-10(14)8-5-3-2-4-6-8/h2-7,9,13H,1H3,(H,12,14)(H,15,16)/t7-,9-/m1/s1. The summed E-state index contributed by atoms with van der Waals surface area (Å²) in [7, 11) is 0. The summed E-state index contributed by atoms with van der Waals surface area (Å²) in [6, 6.07) is 6.93. The van der Waals surface area contributed by atoms with Gasteiger partial charge in [0, 0.05) is 5.56 Å². The summed E-state index contributed by atoms with van der Waals surface area (Å²) >= 11 is 0. The molecule has 5 nitrogen and oxygen atoms in total. The van der Waals surface area contributed by atoms with Crippen LogP contribution in [0.25, 0.3) is 0 Å². The highest BCUT2D eigenvalue weighted by Crippen LogP contribution is 2.00. The van der Waals surface area contributed by atoms with Gasteiger partial charge in [0.25, 0.3) is 5.91 Å². The van der Waals surface area contributed by atoms with Gasteiger partial charge in [-0.05, 0) is 19.1 Å². The van der Waals surface area contributed by atoms with E-state index in [1.807, 2.05) is 0 Å². The highest BCUT2D eigenvalue weighted by molar-refractivity contribution is 5.96. The first kappa shape index (κ1) is 12.2. The molecule has 0 saturated heterocycles. The maximum Gasteiger partial charge on any atom is 0.328 e. The molecule has 0 spiro atoms. The molecule has 0 aliphatic carbocycles. The van der Waals surface area contributed by atoms with Gasteiger partial charge in [0.1, 0.15) is 0 Å².